The Hall–Kier alpha value is -4.41. The summed E-state index contributed by atoms with van der Waals surface area (Å²) < 4.78 is 44.8. The van der Waals surface area contributed by atoms with E-state index >= 15 is 0 Å². The van der Waals surface area contributed by atoms with Crippen molar-refractivity contribution in [3.63, 3.8) is 0 Å². The number of piperidine rings is 1. The number of benzene rings is 2. The summed E-state index contributed by atoms with van der Waals surface area (Å²) in [5.74, 6) is -0.617. The molecule has 196 valence electrons. The molecule has 0 unspecified atom stereocenters. The molecule has 0 radical (unpaired) electrons. The highest BCUT2D eigenvalue weighted by Gasteiger charge is 2.47. The molecule has 1 aromatic heterocycles. The zero-order valence-electron chi connectivity index (χ0n) is 20.3. The Morgan fingerprint density at radius 3 is 2.61 bits per heavy atom. The molecule has 0 atom stereocenters. The number of aliphatic imine (C=N–C) groups is 1. The van der Waals surface area contributed by atoms with E-state index in [4.69, 9.17) is 4.74 Å². The second-order valence-electron chi connectivity index (χ2n) is 9.28. The van der Waals surface area contributed by atoms with E-state index in [0.717, 1.165) is 12.1 Å². The van der Waals surface area contributed by atoms with Crippen LogP contribution in [0.25, 0.3) is 16.6 Å². The number of carboxylic acid groups (broad SMARTS) is 1. The van der Waals surface area contributed by atoms with Gasteiger partial charge in [0, 0.05) is 31.5 Å². The highest BCUT2D eigenvalue weighted by molar-refractivity contribution is 5.98. The molecule has 38 heavy (non-hydrogen) atoms. The molecule has 0 aliphatic carbocycles. The second kappa shape index (κ2) is 9.16. The number of carbonyl (C=O) groups excluding carboxylic acids is 1. The highest BCUT2D eigenvalue weighted by Crippen LogP contribution is 2.45. The predicted octanol–water partition coefficient (Wildman–Crippen LogP) is 5.39. The SMILES string of the molecule is C=NC(=C/C=C(\C)c1nc2ccc(C(F)(F)F)cc2[nH]1)N1CCC2(CC1)OC(=O)c1cc(C(=O)O)ccc12. The van der Waals surface area contributed by atoms with E-state index in [-0.39, 0.29) is 16.6 Å². The number of carbonyl (C=O) groups is 2. The fourth-order valence-electron chi connectivity index (χ4n) is 4.91. The maximum absolute atomic E-state index is 13.0. The van der Waals surface area contributed by atoms with Crippen molar-refractivity contribution in [2.45, 2.75) is 31.5 Å². The molecule has 5 rings (SSSR count). The van der Waals surface area contributed by atoms with Crippen molar-refractivity contribution >= 4 is 35.3 Å². The van der Waals surface area contributed by atoms with Crippen LogP contribution in [-0.4, -0.2) is 51.7 Å². The van der Waals surface area contributed by atoms with Gasteiger partial charge >= 0.3 is 18.1 Å². The molecule has 2 aromatic carbocycles. The van der Waals surface area contributed by atoms with Crippen LogP contribution in [0.5, 0.6) is 0 Å². The van der Waals surface area contributed by atoms with Gasteiger partial charge in [-0.05, 0) is 55.6 Å². The van der Waals surface area contributed by atoms with Gasteiger partial charge in [0.1, 0.15) is 17.2 Å². The van der Waals surface area contributed by atoms with Crippen LogP contribution in [0.15, 0.2) is 59.4 Å². The highest BCUT2D eigenvalue weighted by atomic mass is 19.4. The summed E-state index contributed by atoms with van der Waals surface area (Å²) in [5.41, 5.74) is 0.844. The second-order valence-corrected chi connectivity index (χ2v) is 9.28. The molecule has 8 nitrogen and oxygen atoms in total. The number of rotatable bonds is 5. The lowest BCUT2D eigenvalue weighted by molar-refractivity contribution is -0.137. The first-order valence-electron chi connectivity index (χ1n) is 11.8. The molecule has 1 fully saturated rings. The summed E-state index contributed by atoms with van der Waals surface area (Å²) in [7, 11) is 0. The maximum Gasteiger partial charge on any atom is 0.416 e. The summed E-state index contributed by atoms with van der Waals surface area (Å²) in [6, 6.07) is 7.85. The number of likely N-dealkylation sites (tertiary alicyclic amines) is 1. The van der Waals surface area contributed by atoms with E-state index in [0.29, 0.717) is 54.2 Å². The van der Waals surface area contributed by atoms with Crippen molar-refractivity contribution in [1.82, 2.24) is 14.9 Å². The fraction of sp³-hybridized carbons (Fsp3) is 0.259. The number of aromatic amines is 1. The van der Waals surface area contributed by atoms with Gasteiger partial charge in [-0.15, -0.1) is 0 Å². The summed E-state index contributed by atoms with van der Waals surface area (Å²) in [6.07, 6.45) is 0.0418. The first kappa shape index (κ1) is 25.2. The summed E-state index contributed by atoms with van der Waals surface area (Å²) in [6.45, 7) is 6.46. The Bertz CT molecular complexity index is 1530. The molecular formula is C27H23F3N4O4. The first-order valence-corrected chi connectivity index (χ1v) is 11.8. The number of hydrogen-bond donors (Lipinski definition) is 2. The number of hydrogen-bond acceptors (Lipinski definition) is 6. The Balaban J connectivity index is 1.33. The van der Waals surface area contributed by atoms with E-state index in [2.05, 4.69) is 21.7 Å². The number of carboxylic acids is 1. The standard InChI is InChI=1S/C27H23F3N4O4/c1-15(23-32-20-7-5-17(27(28,29)30)14-21(20)33-23)3-8-22(31-2)34-11-9-26(10-12-34)19-6-4-16(24(35)36)13-18(19)25(37)38-26/h3-8,13-14H,2,9-12H2,1H3,(H,32,33)(H,35,36)/b15-3+,22-8?. The van der Waals surface area contributed by atoms with Crippen LogP contribution in [0.4, 0.5) is 13.2 Å². The number of esters is 1. The number of halogens is 3. The van der Waals surface area contributed by atoms with Gasteiger partial charge in [0.25, 0.3) is 0 Å². The number of fused-ring (bicyclic) bond motifs is 3. The van der Waals surface area contributed by atoms with Gasteiger partial charge in [0.15, 0.2) is 0 Å². The predicted molar refractivity (Wildman–Crippen MR) is 134 cm³/mol. The Labute approximate surface area is 215 Å². The van der Waals surface area contributed by atoms with Crippen LogP contribution < -0.4 is 0 Å². The molecule has 2 aliphatic rings. The van der Waals surface area contributed by atoms with Gasteiger partial charge in [-0.3, -0.25) is 0 Å². The number of imidazole rings is 1. The normalized spacial score (nSPS) is 17.6. The third-order valence-corrected chi connectivity index (χ3v) is 6.99. The molecule has 0 bridgehead atoms. The number of H-pyrrole nitrogens is 1. The number of allylic oxidation sites excluding steroid dienone is 3. The lowest BCUT2D eigenvalue weighted by atomic mass is 9.83. The van der Waals surface area contributed by atoms with E-state index in [1.165, 1.54) is 18.2 Å². The third kappa shape index (κ3) is 4.44. The van der Waals surface area contributed by atoms with Crippen LogP contribution in [0, 0.1) is 0 Å². The lowest BCUT2D eigenvalue weighted by Gasteiger charge is -2.39. The minimum atomic E-state index is -4.44. The van der Waals surface area contributed by atoms with Gasteiger partial charge < -0.3 is 19.7 Å². The molecule has 0 amide bonds. The van der Waals surface area contributed by atoms with Crippen LogP contribution in [0.1, 0.15) is 57.4 Å². The van der Waals surface area contributed by atoms with Crippen LogP contribution in [-0.2, 0) is 16.5 Å². The first-order chi connectivity index (χ1) is 18.0. The molecule has 2 aliphatic heterocycles. The summed E-state index contributed by atoms with van der Waals surface area (Å²) in [5, 5.41) is 9.23. The fourth-order valence-corrected chi connectivity index (χ4v) is 4.91. The Morgan fingerprint density at radius 1 is 1.21 bits per heavy atom. The van der Waals surface area contributed by atoms with Crippen molar-refractivity contribution in [1.29, 1.82) is 0 Å². The average molecular weight is 524 g/mol. The zero-order chi connectivity index (χ0) is 27.2. The molecule has 0 saturated carbocycles. The minimum absolute atomic E-state index is 0.0312. The Morgan fingerprint density at radius 2 is 1.95 bits per heavy atom. The van der Waals surface area contributed by atoms with Crippen molar-refractivity contribution < 1.29 is 32.6 Å². The van der Waals surface area contributed by atoms with Crippen LogP contribution in [0.2, 0.25) is 0 Å². The number of ether oxygens (including phenoxy) is 1. The smallest absolute Gasteiger partial charge is 0.416 e. The number of nitrogens with zero attached hydrogens (tertiary/aromatic N) is 3. The summed E-state index contributed by atoms with van der Waals surface area (Å²) >= 11 is 0. The van der Waals surface area contributed by atoms with E-state index < -0.39 is 29.3 Å². The number of aromatic carboxylic acids is 1. The van der Waals surface area contributed by atoms with Crippen molar-refractivity contribution in [3.8, 4) is 0 Å². The number of nitrogens with one attached hydrogen (secondary N) is 1. The Kier molecular flexibility index (Phi) is 6.09. The lowest BCUT2D eigenvalue weighted by Crippen LogP contribution is -2.42. The minimum Gasteiger partial charge on any atom is -0.478 e. The maximum atomic E-state index is 13.0. The summed E-state index contributed by atoms with van der Waals surface area (Å²) in [4.78, 5) is 37.2. The zero-order valence-corrected chi connectivity index (χ0v) is 20.3. The van der Waals surface area contributed by atoms with Crippen LogP contribution >= 0.6 is 0 Å². The topological polar surface area (TPSA) is 108 Å². The molecule has 1 saturated heterocycles. The van der Waals surface area contributed by atoms with Crippen LogP contribution in [0.3, 0.4) is 0 Å². The monoisotopic (exact) mass is 524 g/mol. The molecule has 2 N–H and O–H groups in total. The quantitative estimate of drug-likeness (QED) is 0.263. The van der Waals surface area contributed by atoms with E-state index in [1.54, 1.807) is 25.1 Å². The average Bonchev–Trinajstić information content (AvgIpc) is 3.43. The molecule has 11 heteroatoms. The van der Waals surface area contributed by atoms with Crippen molar-refractivity contribution in [3.05, 3.63) is 82.4 Å². The molecule has 3 heterocycles. The molecular weight excluding hydrogens is 501 g/mol. The van der Waals surface area contributed by atoms with Gasteiger partial charge in [0.2, 0.25) is 0 Å². The largest absolute Gasteiger partial charge is 0.478 e. The van der Waals surface area contributed by atoms with Gasteiger partial charge in [-0.2, -0.15) is 13.2 Å². The van der Waals surface area contributed by atoms with E-state index in [1.807, 2.05) is 4.90 Å². The number of aromatic nitrogens is 2. The van der Waals surface area contributed by atoms with Crippen molar-refractivity contribution in [2.75, 3.05) is 13.1 Å². The third-order valence-electron chi connectivity index (χ3n) is 6.99. The van der Waals surface area contributed by atoms with Gasteiger partial charge in [-0.25, -0.2) is 19.6 Å². The van der Waals surface area contributed by atoms with Gasteiger partial charge in [0.05, 0.1) is 27.7 Å². The van der Waals surface area contributed by atoms with Gasteiger partial charge in [-0.1, -0.05) is 12.1 Å². The molecule has 1 spiro atoms. The van der Waals surface area contributed by atoms with E-state index in [9.17, 15) is 27.9 Å². The number of alkyl halides is 3. The van der Waals surface area contributed by atoms with Crippen molar-refractivity contribution in [2.24, 2.45) is 4.99 Å². The molecule has 3 aromatic rings.